The van der Waals surface area contributed by atoms with E-state index in [9.17, 15) is 4.79 Å². The Morgan fingerprint density at radius 3 is 2.75 bits per heavy atom. The Morgan fingerprint density at radius 2 is 2.04 bits per heavy atom. The molecule has 6 nitrogen and oxygen atoms in total. The predicted molar refractivity (Wildman–Crippen MR) is 94.0 cm³/mol. The van der Waals surface area contributed by atoms with Gasteiger partial charge in [-0.1, -0.05) is 28.1 Å². The zero-order valence-electron chi connectivity index (χ0n) is 13.0. The third-order valence-corrected chi connectivity index (χ3v) is 5.34. The van der Waals surface area contributed by atoms with E-state index >= 15 is 0 Å². The maximum Gasteiger partial charge on any atom is 0.276 e. The molecule has 1 fully saturated rings. The lowest BCUT2D eigenvalue weighted by Crippen LogP contribution is -2.48. The molecule has 0 saturated carbocycles. The number of amides is 1. The highest BCUT2D eigenvalue weighted by Crippen LogP contribution is 2.31. The molecule has 2 aromatic heterocycles. The number of halogens is 1. The number of aromatic nitrogens is 2. The van der Waals surface area contributed by atoms with Crippen molar-refractivity contribution in [2.75, 3.05) is 31.1 Å². The molecule has 0 radical (unpaired) electrons. The minimum atomic E-state index is -0.0809. The summed E-state index contributed by atoms with van der Waals surface area (Å²) >= 11 is 7.66. The SMILES string of the molecule is Cc1cc(C(=O)N2CCN(c3nc4ccc(Cl)cc4s3)CC2)no1. The molecule has 0 bridgehead atoms. The van der Waals surface area contributed by atoms with Crippen LogP contribution in [0.15, 0.2) is 28.8 Å². The number of rotatable bonds is 2. The summed E-state index contributed by atoms with van der Waals surface area (Å²) in [5.74, 6) is 0.563. The number of hydrogen-bond donors (Lipinski definition) is 0. The predicted octanol–water partition coefficient (Wildman–Crippen LogP) is 3.21. The average molecular weight is 363 g/mol. The van der Waals surface area contributed by atoms with Gasteiger partial charge in [0.05, 0.1) is 10.2 Å². The lowest BCUT2D eigenvalue weighted by Gasteiger charge is -2.34. The Kier molecular flexibility index (Phi) is 3.90. The van der Waals surface area contributed by atoms with Crippen molar-refractivity contribution in [3.8, 4) is 0 Å². The molecule has 1 saturated heterocycles. The first-order valence-electron chi connectivity index (χ1n) is 7.64. The van der Waals surface area contributed by atoms with Gasteiger partial charge in [-0.15, -0.1) is 0 Å². The number of thiazole rings is 1. The highest BCUT2D eigenvalue weighted by molar-refractivity contribution is 7.22. The molecule has 0 aliphatic carbocycles. The van der Waals surface area contributed by atoms with E-state index in [0.717, 1.165) is 33.5 Å². The standard InChI is InChI=1S/C16H15ClN4O2S/c1-10-8-13(19-23-10)15(22)20-4-6-21(7-5-20)16-18-12-3-2-11(17)9-14(12)24-16/h2-3,8-9H,4-7H2,1H3. The summed E-state index contributed by atoms with van der Waals surface area (Å²) in [7, 11) is 0. The molecule has 1 aliphatic heterocycles. The lowest BCUT2D eigenvalue weighted by molar-refractivity contribution is 0.0736. The maximum absolute atomic E-state index is 12.4. The smallest absolute Gasteiger partial charge is 0.276 e. The molecule has 24 heavy (non-hydrogen) atoms. The number of aryl methyl sites for hydroxylation is 1. The largest absolute Gasteiger partial charge is 0.361 e. The van der Waals surface area contributed by atoms with Crippen molar-refractivity contribution in [3.63, 3.8) is 0 Å². The van der Waals surface area contributed by atoms with Crippen molar-refractivity contribution in [2.24, 2.45) is 0 Å². The number of anilines is 1. The molecule has 0 N–H and O–H groups in total. The average Bonchev–Trinajstić information content (AvgIpc) is 3.20. The van der Waals surface area contributed by atoms with Crippen LogP contribution in [0.3, 0.4) is 0 Å². The minimum absolute atomic E-state index is 0.0809. The highest BCUT2D eigenvalue weighted by atomic mass is 35.5. The third-order valence-electron chi connectivity index (χ3n) is 4.02. The van der Waals surface area contributed by atoms with Gasteiger partial charge >= 0.3 is 0 Å². The first-order chi connectivity index (χ1) is 11.6. The van der Waals surface area contributed by atoms with Crippen LogP contribution in [-0.4, -0.2) is 47.1 Å². The monoisotopic (exact) mass is 362 g/mol. The van der Waals surface area contributed by atoms with Gasteiger partial charge in [0.2, 0.25) is 0 Å². The molecular formula is C16H15ClN4O2S. The second-order valence-electron chi connectivity index (χ2n) is 5.71. The number of hydrogen-bond acceptors (Lipinski definition) is 6. The zero-order valence-corrected chi connectivity index (χ0v) is 14.6. The highest BCUT2D eigenvalue weighted by Gasteiger charge is 2.25. The topological polar surface area (TPSA) is 62.5 Å². The summed E-state index contributed by atoms with van der Waals surface area (Å²) in [5, 5.41) is 5.49. The normalized spacial score (nSPS) is 15.2. The van der Waals surface area contributed by atoms with Crippen LogP contribution in [0.25, 0.3) is 10.2 Å². The van der Waals surface area contributed by atoms with Crippen molar-refractivity contribution in [1.29, 1.82) is 0 Å². The van der Waals surface area contributed by atoms with E-state index < -0.39 is 0 Å². The van der Waals surface area contributed by atoms with Gasteiger partial charge in [0.1, 0.15) is 5.76 Å². The molecule has 1 amide bonds. The molecule has 0 spiro atoms. The summed E-state index contributed by atoms with van der Waals surface area (Å²) in [5.41, 5.74) is 1.33. The molecule has 1 aliphatic rings. The molecular weight excluding hydrogens is 348 g/mol. The van der Waals surface area contributed by atoms with Crippen molar-refractivity contribution < 1.29 is 9.32 Å². The van der Waals surface area contributed by atoms with Crippen molar-refractivity contribution >= 4 is 44.2 Å². The Morgan fingerprint density at radius 1 is 1.25 bits per heavy atom. The first kappa shape index (κ1) is 15.4. The Bertz CT molecular complexity index is 899. The summed E-state index contributed by atoms with van der Waals surface area (Å²) in [6.45, 7) is 4.55. The fourth-order valence-electron chi connectivity index (χ4n) is 2.75. The van der Waals surface area contributed by atoms with E-state index in [2.05, 4.69) is 15.0 Å². The molecule has 3 heterocycles. The molecule has 0 unspecified atom stereocenters. The van der Waals surface area contributed by atoms with E-state index in [-0.39, 0.29) is 5.91 Å². The van der Waals surface area contributed by atoms with Crippen molar-refractivity contribution in [3.05, 3.63) is 40.7 Å². The Balaban J connectivity index is 1.46. The molecule has 1 aromatic carbocycles. The number of carbonyl (C=O) groups is 1. The van der Waals surface area contributed by atoms with Gasteiger partial charge in [0, 0.05) is 37.3 Å². The Hall–Kier alpha value is -2.12. The van der Waals surface area contributed by atoms with E-state index in [1.165, 1.54) is 0 Å². The minimum Gasteiger partial charge on any atom is -0.361 e. The molecule has 124 valence electrons. The fourth-order valence-corrected chi connectivity index (χ4v) is 4.04. The number of carbonyl (C=O) groups excluding carboxylic acids is 1. The Labute approximate surface area is 147 Å². The zero-order chi connectivity index (χ0) is 16.7. The lowest BCUT2D eigenvalue weighted by atomic mass is 10.3. The van der Waals surface area contributed by atoms with Gasteiger partial charge in [0.25, 0.3) is 5.91 Å². The van der Waals surface area contributed by atoms with Crippen LogP contribution in [0, 0.1) is 6.92 Å². The second-order valence-corrected chi connectivity index (χ2v) is 7.16. The van der Waals surface area contributed by atoms with Crippen LogP contribution < -0.4 is 4.90 Å². The van der Waals surface area contributed by atoms with Gasteiger partial charge in [0.15, 0.2) is 10.8 Å². The van der Waals surface area contributed by atoms with Crippen LogP contribution in [0.5, 0.6) is 0 Å². The molecule has 8 heteroatoms. The van der Waals surface area contributed by atoms with E-state index in [0.29, 0.717) is 24.5 Å². The van der Waals surface area contributed by atoms with Crippen LogP contribution in [-0.2, 0) is 0 Å². The fraction of sp³-hybridized carbons (Fsp3) is 0.312. The summed E-state index contributed by atoms with van der Waals surface area (Å²) in [6.07, 6.45) is 0. The van der Waals surface area contributed by atoms with Crippen LogP contribution in [0.4, 0.5) is 5.13 Å². The maximum atomic E-state index is 12.4. The van der Waals surface area contributed by atoms with Gasteiger partial charge in [-0.05, 0) is 25.1 Å². The first-order valence-corrected chi connectivity index (χ1v) is 8.83. The molecule has 0 atom stereocenters. The molecule has 3 aromatic rings. The number of benzene rings is 1. The number of nitrogens with zero attached hydrogens (tertiary/aromatic N) is 4. The summed E-state index contributed by atoms with van der Waals surface area (Å²) in [6, 6.07) is 7.39. The quantitative estimate of drug-likeness (QED) is 0.700. The summed E-state index contributed by atoms with van der Waals surface area (Å²) in [4.78, 5) is 21.1. The number of fused-ring (bicyclic) bond motifs is 1. The number of piperazine rings is 1. The van der Waals surface area contributed by atoms with Gasteiger partial charge < -0.3 is 14.3 Å². The van der Waals surface area contributed by atoms with Crippen molar-refractivity contribution in [1.82, 2.24) is 15.0 Å². The van der Waals surface area contributed by atoms with Crippen LogP contribution in [0.2, 0.25) is 5.02 Å². The van der Waals surface area contributed by atoms with Gasteiger partial charge in [-0.25, -0.2) is 4.98 Å². The summed E-state index contributed by atoms with van der Waals surface area (Å²) < 4.78 is 6.06. The van der Waals surface area contributed by atoms with Gasteiger partial charge in [-0.2, -0.15) is 0 Å². The van der Waals surface area contributed by atoms with Crippen LogP contribution >= 0.6 is 22.9 Å². The van der Waals surface area contributed by atoms with Crippen LogP contribution in [0.1, 0.15) is 16.2 Å². The van der Waals surface area contributed by atoms with Crippen molar-refractivity contribution in [2.45, 2.75) is 6.92 Å². The third kappa shape index (κ3) is 2.85. The van der Waals surface area contributed by atoms with Gasteiger partial charge in [-0.3, -0.25) is 4.79 Å². The molecule has 4 rings (SSSR count). The second kappa shape index (κ2) is 6.07. The van der Waals surface area contributed by atoms with E-state index in [1.54, 1.807) is 29.2 Å². The van der Waals surface area contributed by atoms with E-state index in [4.69, 9.17) is 16.1 Å². The van der Waals surface area contributed by atoms with E-state index in [1.807, 2.05) is 18.2 Å².